The highest BCUT2D eigenvalue weighted by molar-refractivity contribution is 6.11. The Labute approximate surface area is 127 Å². The molecule has 2 N–H and O–H groups in total. The van der Waals surface area contributed by atoms with Crippen molar-refractivity contribution in [2.75, 3.05) is 12.4 Å². The molecule has 2 heterocycles. The number of fused-ring (bicyclic) bond motifs is 3. The number of nitrogens with zero attached hydrogens (tertiary/aromatic N) is 2. The van der Waals surface area contributed by atoms with Gasteiger partial charge in [-0.15, -0.1) is 0 Å². The Morgan fingerprint density at radius 1 is 1.14 bits per heavy atom. The van der Waals surface area contributed by atoms with Crippen LogP contribution < -0.4 is 10.1 Å². The number of ether oxygens (including phenoxy) is 1. The minimum Gasteiger partial charge on any atom is -0.497 e. The van der Waals surface area contributed by atoms with E-state index in [-0.39, 0.29) is 0 Å². The van der Waals surface area contributed by atoms with Gasteiger partial charge in [0.25, 0.3) is 0 Å². The number of nitrogens with one attached hydrogen (secondary N) is 2. The summed E-state index contributed by atoms with van der Waals surface area (Å²) >= 11 is 0. The van der Waals surface area contributed by atoms with Crippen LogP contribution in [0.2, 0.25) is 0 Å². The molecular formula is C17H13N4O. The first-order valence-corrected chi connectivity index (χ1v) is 6.89. The van der Waals surface area contributed by atoms with E-state index < -0.39 is 0 Å². The number of hydrogen-bond acceptors (Lipinski definition) is 4. The number of anilines is 2. The van der Waals surface area contributed by atoms with E-state index >= 15 is 0 Å². The molecule has 0 aliphatic rings. The molecule has 0 amide bonds. The van der Waals surface area contributed by atoms with Gasteiger partial charge in [-0.1, -0.05) is 6.07 Å². The Morgan fingerprint density at radius 2 is 2.00 bits per heavy atom. The molecule has 5 nitrogen and oxygen atoms in total. The molecule has 0 fully saturated rings. The number of aromatic nitrogens is 3. The zero-order valence-electron chi connectivity index (χ0n) is 11.9. The summed E-state index contributed by atoms with van der Waals surface area (Å²) in [5, 5.41) is 5.35. The minimum atomic E-state index is 0.765. The molecule has 1 radical (unpaired) electrons. The second-order valence-electron chi connectivity index (χ2n) is 4.90. The van der Waals surface area contributed by atoms with Gasteiger partial charge in [0.2, 0.25) is 0 Å². The third-order valence-electron chi connectivity index (χ3n) is 3.59. The van der Waals surface area contributed by atoms with E-state index in [1.165, 1.54) is 0 Å². The highest BCUT2D eigenvalue weighted by Gasteiger charge is 2.10. The maximum absolute atomic E-state index is 5.17. The molecule has 0 saturated heterocycles. The van der Waals surface area contributed by atoms with Crippen molar-refractivity contribution in [2.24, 2.45) is 0 Å². The zero-order valence-corrected chi connectivity index (χ0v) is 11.9. The van der Waals surface area contributed by atoms with Crippen molar-refractivity contribution in [1.82, 2.24) is 15.0 Å². The van der Waals surface area contributed by atoms with E-state index in [1.54, 1.807) is 13.4 Å². The highest BCUT2D eigenvalue weighted by atomic mass is 16.5. The SMILES string of the molecule is COc1ccc(Nc2ncnc3[nH]c4cc[c]cc4c23)cc1. The van der Waals surface area contributed by atoms with Gasteiger partial charge in [-0.25, -0.2) is 9.97 Å². The topological polar surface area (TPSA) is 62.8 Å². The number of aromatic amines is 1. The fourth-order valence-corrected chi connectivity index (χ4v) is 2.52. The summed E-state index contributed by atoms with van der Waals surface area (Å²) in [7, 11) is 1.65. The summed E-state index contributed by atoms with van der Waals surface area (Å²) in [6, 6.07) is 16.6. The molecule has 2 aromatic heterocycles. The van der Waals surface area contributed by atoms with E-state index in [1.807, 2.05) is 42.5 Å². The molecule has 0 aliphatic carbocycles. The van der Waals surface area contributed by atoms with Crippen LogP contribution in [0.4, 0.5) is 11.5 Å². The van der Waals surface area contributed by atoms with Gasteiger partial charge < -0.3 is 15.0 Å². The third-order valence-corrected chi connectivity index (χ3v) is 3.59. The fraction of sp³-hybridized carbons (Fsp3) is 0.0588. The minimum absolute atomic E-state index is 0.765. The number of H-pyrrole nitrogens is 1. The van der Waals surface area contributed by atoms with Crippen molar-refractivity contribution >= 4 is 33.4 Å². The van der Waals surface area contributed by atoms with Crippen molar-refractivity contribution in [3.05, 3.63) is 54.9 Å². The van der Waals surface area contributed by atoms with E-state index in [0.29, 0.717) is 0 Å². The lowest BCUT2D eigenvalue weighted by atomic mass is 10.2. The molecule has 107 valence electrons. The molecule has 0 spiro atoms. The third kappa shape index (κ3) is 2.03. The first kappa shape index (κ1) is 12.6. The molecular weight excluding hydrogens is 276 g/mol. The van der Waals surface area contributed by atoms with E-state index in [4.69, 9.17) is 4.74 Å². The van der Waals surface area contributed by atoms with Gasteiger partial charge in [-0.3, -0.25) is 0 Å². The lowest BCUT2D eigenvalue weighted by molar-refractivity contribution is 0.415. The Hall–Kier alpha value is -3.08. The summed E-state index contributed by atoms with van der Waals surface area (Å²) in [6.07, 6.45) is 1.55. The van der Waals surface area contributed by atoms with Crippen LogP contribution in [0, 0.1) is 6.07 Å². The lowest BCUT2D eigenvalue weighted by Crippen LogP contribution is -1.95. The summed E-state index contributed by atoms with van der Waals surface area (Å²) in [4.78, 5) is 12.0. The van der Waals surface area contributed by atoms with Gasteiger partial charge >= 0.3 is 0 Å². The molecule has 0 bridgehead atoms. The molecule has 0 unspecified atom stereocenters. The van der Waals surface area contributed by atoms with Crippen molar-refractivity contribution in [1.29, 1.82) is 0 Å². The average Bonchev–Trinajstić information content (AvgIpc) is 2.95. The largest absolute Gasteiger partial charge is 0.497 e. The van der Waals surface area contributed by atoms with Gasteiger partial charge in [0.15, 0.2) is 0 Å². The van der Waals surface area contributed by atoms with Gasteiger partial charge in [-0.2, -0.15) is 0 Å². The predicted molar refractivity (Wildman–Crippen MR) is 86.5 cm³/mol. The molecule has 4 aromatic rings. The van der Waals surface area contributed by atoms with Crippen LogP contribution in [0.25, 0.3) is 21.9 Å². The Morgan fingerprint density at radius 3 is 2.82 bits per heavy atom. The van der Waals surface area contributed by atoms with Crippen LogP contribution >= 0.6 is 0 Å². The summed E-state index contributed by atoms with van der Waals surface area (Å²) < 4.78 is 5.17. The second kappa shape index (κ2) is 5.04. The standard InChI is InChI=1S/C17H13N4O/c1-22-12-8-6-11(7-9-12)20-16-15-13-4-2-3-5-14(13)21-17(15)19-10-18-16/h3-10H,1H3,(H2,18,19,20,21). The smallest absolute Gasteiger partial charge is 0.143 e. The first-order chi connectivity index (χ1) is 10.8. The number of rotatable bonds is 3. The van der Waals surface area contributed by atoms with Crippen molar-refractivity contribution in [2.45, 2.75) is 0 Å². The Kier molecular flexibility index (Phi) is 2.89. The lowest BCUT2D eigenvalue weighted by Gasteiger charge is -2.07. The van der Waals surface area contributed by atoms with E-state index in [0.717, 1.165) is 39.2 Å². The quantitative estimate of drug-likeness (QED) is 0.604. The van der Waals surface area contributed by atoms with Crippen LogP contribution in [0.3, 0.4) is 0 Å². The van der Waals surface area contributed by atoms with Gasteiger partial charge in [0, 0.05) is 16.6 Å². The Balaban J connectivity index is 1.83. The summed E-state index contributed by atoms with van der Waals surface area (Å²) in [5.74, 6) is 1.58. The van der Waals surface area contributed by atoms with Crippen LogP contribution in [-0.4, -0.2) is 22.1 Å². The van der Waals surface area contributed by atoms with Crippen molar-refractivity contribution < 1.29 is 4.74 Å². The van der Waals surface area contributed by atoms with E-state index in [9.17, 15) is 0 Å². The molecule has 22 heavy (non-hydrogen) atoms. The molecule has 0 saturated carbocycles. The van der Waals surface area contributed by atoms with Crippen LogP contribution in [0.1, 0.15) is 0 Å². The van der Waals surface area contributed by atoms with Crippen LogP contribution in [0.15, 0.2) is 48.8 Å². The molecule has 2 aromatic carbocycles. The number of methoxy groups -OCH3 is 1. The summed E-state index contributed by atoms with van der Waals surface area (Å²) in [6.45, 7) is 0. The number of benzene rings is 2. The summed E-state index contributed by atoms with van der Waals surface area (Å²) in [5.41, 5.74) is 2.77. The predicted octanol–water partition coefficient (Wildman–Crippen LogP) is 3.66. The van der Waals surface area contributed by atoms with E-state index in [2.05, 4.69) is 26.3 Å². The highest BCUT2D eigenvalue weighted by Crippen LogP contribution is 2.30. The molecule has 0 aliphatic heterocycles. The van der Waals surface area contributed by atoms with Gasteiger partial charge in [0.05, 0.1) is 12.5 Å². The molecule has 4 rings (SSSR count). The normalized spacial score (nSPS) is 11.0. The van der Waals surface area contributed by atoms with Crippen molar-refractivity contribution in [3.63, 3.8) is 0 Å². The number of hydrogen-bond donors (Lipinski definition) is 2. The average molecular weight is 289 g/mol. The maximum atomic E-state index is 5.17. The molecule has 0 atom stereocenters. The second-order valence-corrected chi connectivity index (χ2v) is 4.90. The van der Waals surface area contributed by atoms with Gasteiger partial charge in [-0.05, 0) is 42.5 Å². The van der Waals surface area contributed by atoms with Crippen LogP contribution in [0.5, 0.6) is 5.75 Å². The molecule has 5 heteroatoms. The van der Waals surface area contributed by atoms with Crippen LogP contribution in [-0.2, 0) is 0 Å². The van der Waals surface area contributed by atoms with Crippen molar-refractivity contribution in [3.8, 4) is 5.75 Å². The Bertz CT molecular complexity index is 944. The zero-order chi connectivity index (χ0) is 14.9. The van der Waals surface area contributed by atoms with Gasteiger partial charge in [0.1, 0.15) is 23.5 Å². The fourth-order valence-electron chi connectivity index (χ4n) is 2.52. The first-order valence-electron chi connectivity index (χ1n) is 6.89. The monoisotopic (exact) mass is 289 g/mol. The maximum Gasteiger partial charge on any atom is 0.143 e.